The van der Waals surface area contributed by atoms with Gasteiger partial charge in [-0.15, -0.1) is 0 Å². The fourth-order valence-corrected chi connectivity index (χ4v) is 8.64. The Kier molecular flexibility index (Phi) is 5.82. The molecule has 0 saturated heterocycles. The second-order valence-electron chi connectivity index (χ2n) is 10.8. The van der Waals surface area contributed by atoms with Gasteiger partial charge in [0.25, 0.3) is 0 Å². The average molecular weight is 495 g/mol. The fraction of sp³-hybridized carbons (Fsp3) is 0.800. The lowest BCUT2D eigenvalue weighted by Gasteiger charge is -2.60. The minimum absolute atomic E-state index is 0.0719. The van der Waals surface area contributed by atoms with Crippen molar-refractivity contribution in [3.05, 3.63) is 11.6 Å². The number of aliphatic hydroxyl groups is 1. The smallest absolute Gasteiger partial charge is 0.306 e. The molecular formula is C25H35BrO5. The first-order chi connectivity index (χ1) is 14.5. The van der Waals surface area contributed by atoms with E-state index in [1.54, 1.807) is 6.92 Å². The van der Waals surface area contributed by atoms with Gasteiger partial charge in [0.15, 0.2) is 17.2 Å². The molecule has 4 aliphatic carbocycles. The third kappa shape index (κ3) is 3.07. The molecule has 3 fully saturated rings. The van der Waals surface area contributed by atoms with E-state index in [1.807, 2.05) is 13.0 Å². The van der Waals surface area contributed by atoms with Crippen molar-refractivity contribution in [1.29, 1.82) is 0 Å². The lowest BCUT2D eigenvalue weighted by atomic mass is 9.45. The molecule has 0 aliphatic heterocycles. The van der Waals surface area contributed by atoms with Crippen LogP contribution in [0, 0.1) is 34.5 Å². The molecule has 0 spiro atoms. The number of fused-ring (bicyclic) bond motifs is 5. The number of alkyl halides is 1. The summed E-state index contributed by atoms with van der Waals surface area (Å²) in [5, 5.41) is 11.7. The average Bonchev–Trinajstić information content (AvgIpc) is 2.94. The van der Waals surface area contributed by atoms with E-state index in [9.17, 15) is 19.5 Å². The highest BCUT2D eigenvalue weighted by molar-refractivity contribution is 9.09. The largest absolute Gasteiger partial charge is 0.450 e. The van der Waals surface area contributed by atoms with E-state index < -0.39 is 17.1 Å². The summed E-state index contributed by atoms with van der Waals surface area (Å²) >= 11 is 3.34. The van der Waals surface area contributed by atoms with Gasteiger partial charge in [-0.2, -0.15) is 0 Å². The molecule has 0 aromatic heterocycles. The summed E-state index contributed by atoms with van der Waals surface area (Å²) in [5.74, 6) is 0.157. The van der Waals surface area contributed by atoms with E-state index in [0.29, 0.717) is 12.8 Å². The van der Waals surface area contributed by atoms with Crippen LogP contribution >= 0.6 is 15.9 Å². The van der Waals surface area contributed by atoms with E-state index in [0.717, 1.165) is 25.7 Å². The van der Waals surface area contributed by atoms with Crippen molar-refractivity contribution in [2.24, 2.45) is 34.5 Å². The van der Waals surface area contributed by atoms with Crippen molar-refractivity contribution in [3.63, 3.8) is 0 Å². The summed E-state index contributed by atoms with van der Waals surface area (Å²) in [6.45, 7) is 8.08. The summed E-state index contributed by atoms with van der Waals surface area (Å²) in [7, 11) is 0. The number of halogens is 1. The Labute approximate surface area is 193 Å². The molecule has 8 atom stereocenters. The molecular weight excluding hydrogens is 460 g/mol. The Morgan fingerprint density at radius 1 is 1.29 bits per heavy atom. The van der Waals surface area contributed by atoms with Crippen LogP contribution in [0.15, 0.2) is 11.6 Å². The third-order valence-corrected chi connectivity index (χ3v) is 10.0. The van der Waals surface area contributed by atoms with Gasteiger partial charge in [-0.05, 0) is 61.3 Å². The third-order valence-electron chi connectivity index (χ3n) is 9.54. The second kappa shape index (κ2) is 7.79. The van der Waals surface area contributed by atoms with E-state index in [1.165, 1.54) is 5.57 Å². The number of esters is 1. The summed E-state index contributed by atoms with van der Waals surface area (Å²) in [4.78, 5) is 38.0. The predicted octanol–water partition coefficient (Wildman–Crippen LogP) is 4.39. The number of hydrogen-bond acceptors (Lipinski definition) is 5. The summed E-state index contributed by atoms with van der Waals surface area (Å²) in [5.41, 5.74) is -0.797. The molecule has 172 valence electrons. The number of hydrogen-bond donors (Lipinski definition) is 1. The van der Waals surface area contributed by atoms with Crippen molar-refractivity contribution in [3.8, 4) is 0 Å². The van der Waals surface area contributed by atoms with Gasteiger partial charge < -0.3 is 9.84 Å². The number of carbonyl (C=O) groups excluding carboxylic acids is 3. The molecule has 0 bridgehead atoms. The molecule has 0 amide bonds. The molecule has 4 aliphatic rings. The van der Waals surface area contributed by atoms with Gasteiger partial charge in [0.05, 0.1) is 11.4 Å². The lowest BCUT2D eigenvalue weighted by molar-refractivity contribution is -0.204. The van der Waals surface area contributed by atoms with Crippen molar-refractivity contribution in [1.82, 2.24) is 0 Å². The molecule has 2 unspecified atom stereocenters. The summed E-state index contributed by atoms with van der Waals surface area (Å²) in [6, 6.07) is 0. The van der Waals surface area contributed by atoms with E-state index >= 15 is 0 Å². The zero-order chi connectivity index (χ0) is 22.8. The zero-order valence-electron chi connectivity index (χ0n) is 19.1. The van der Waals surface area contributed by atoms with Crippen LogP contribution in [-0.4, -0.2) is 39.7 Å². The first kappa shape index (κ1) is 23.2. The van der Waals surface area contributed by atoms with Crippen molar-refractivity contribution >= 4 is 33.5 Å². The Balaban J connectivity index is 1.79. The highest BCUT2D eigenvalue weighted by atomic mass is 79.9. The number of carbonyl (C=O) groups is 3. The maximum Gasteiger partial charge on any atom is 0.306 e. The topological polar surface area (TPSA) is 80.7 Å². The molecule has 4 rings (SSSR count). The molecule has 6 heteroatoms. The SMILES string of the molecule is CCC(=O)O[C@]1(C(=O)CBr)C(C)C[C@H]2[C@@H]3CCC4=CC(=O)CC[C@]4(C)[C@H]3C(O)C[C@@]21C. The van der Waals surface area contributed by atoms with Crippen LogP contribution < -0.4 is 0 Å². The van der Waals surface area contributed by atoms with Crippen LogP contribution in [0.5, 0.6) is 0 Å². The fourth-order valence-electron chi connectivity index (χ4n) is 8.22. The normalized spacial score (nSPS) is 46.5. The van der Waals surface area contributed by atoms with Crippen LogP contribution in [-0.2, 0) is 19.1 Å². The van der Waals surface area contributed by atoms with Crippen molar-refractivity contribution in [2.45, 2.75) is 84.3 Å². The Bertz CT molecular complexity index is 836. The van der Waals surface area contributed by atoms with Gasteiger partial charge in [-0.1, -0.05) is 49.2 Å². The number of ether oxygens (including phenoxy) is 1. The van der Waals surface area contributed by atoms with Crippen LogP contribution in [0.25, 0.3) is 0 Å². The van der Waals surface area contributed by atoms with Gasteiger partial charge in [0.1, 0.15) is 0 Å². The molecule has 0 aromatic carbocycles. The summed E-state index contributed by atoms with van der Waals surface area (Å²) < 4.78 is 6.07. The lowest BCUT2D eigenvalue weighted by Crippen LogP contribution is -2.64. The first-order valence-electron chi connectivity index (χ1n) is 11.8. The second-order valence-corrected chi connectivity index (χ2v) is 11.4. The van der Waals surface area contributed by atoms with E-state index in [-0.39, 0.29) is 58.4 Å². The van der Waals surface area contributed by atoms with Crippen LogP contribution in [0.1, 0.15) is 72.6 Å². The highest BCUT2D eigenvalue weighted by Crippen LogP contribution is 2.69. The Hall–Kier alpha value is -1.01. The Morgan fingerprint density at radius 2 is 2.00 bits per heavy atom. The quantitative estimate of drug-likeness (QED) is 0.462. The highest BCUT2D eigenvalue weighted by Gasteiger charge is 2.72. The molecule has 0 radical (unpaired) electrons. The molecule has 5 nitrogen and oxygen atoms in total. The van der Waals surface area contributed by atoms with Gasteiger partial charge in [-0.3, -0.25) is 14.4 Å². The van der Waals surface area contributed by atoms with Gasteiger partial charge in [0.2, 0.25) is 0 Å². The monoisotopic (exact) mass is 494 g/mol. The zero-order valence-corrected chi connectivity index (χ0v) is 20.7. The first-order valence-corrected chi connectivity index (χ1v) is 12.9. The van der Waals surface area contributed by atoms with E-state index in [4.69, 9.17) is 4.74 Å². The number of aliphatic hydroxyl groups excluding tert-OH is 1. The maximum atomic E-state index is 13.4. The van der Waals surface area contributed by atoms with Gasteiger partial charge >= 0.3 is 5.97 Å². The number of Topliss-reactive ketones (excluding diaryl/α,β-unsaturated/α-hetero) is 1. The Morgan fingerprint density at radius 3 is 2.65 bits per heavy atom. The molecule has 0 heterocycles. The van der Waals surface area contributed by atoms with Crippen molar-refractivity contribution < 1.29 is 24.2 Å². The molecule has 3 saturated carbocycles. The van der Waals surface area contributed by atoms with Crippen LogP contribution in [0.2, 0.25) is 0 Å². The minimum Gasteiger partial charge on any atom is -0.450 e. The van der Waals surface area contributed by atoms with Crippen molar-refractivity contribution in [2.75, 3.05) is 5.33 Å². The maximum absolute atomic E-state index is 13.4. The summed E-state index contributed by atoms with van der Waals surface area (Å²) in [6.07, 6.45) is 5.80. The van der Waals surface area contributed by atoms with Crippen LogP contribution in [0.4, 0.5) is 0 Å². The minimum atomic E-state index is -1.21. The van der Waals surface area contributed by atoms with E-state index in [2.05, 4.69) is 29.8 Å². The molecule has 31 heavy (non-hydrogen) atoms. The molecule has 0 aromatic rings. The predicted molar refractivity (Wildman–Crippen MR) is 121 cm³/mol. The number of rotatable bonds is 4. The van der Waals surface area contributed by atoms with Crippen LogP contribution in [0.3, 0.4) is 0 Å². The molecule has 1 N–H and O–H groups in total. The van der Waals surface area contributed by atoms with Gasteiger partial charge in [-0.25, -0.2) is 0 Å². The number of ketones is 2. The van der Waals surface area contributed by atoms with Gasteiger partial charge in [0, 0.05) is 24.2 Å². The number of allylic oxidation sites excluding steroid dienone is 1. The standard InChI is InChI=1S/C25H35BrO5/c1-5-21(30)31-25(20(29)13-26)14(2)10-18-17-7-6-15-11-16(27)8-9-23(15,3)22(17)19(28)12-24(18,25)4/h11,14,17-19,22,28H,5-10,12-13H2,1-4H3/t14?,17-,18-,19?,22+,23-,24-,25-/m0/s1.